The maximum Gasteiger partial charge on any atom is 0.0975 e. The molecular formula is C32H36N2O3. The summed E-state index contributed by atoms with van der Waals surface area (Å²) in [6.45, 7) is 3.59. The first kappa shape index (κ1) is 22.7. The molecule has 1 aromatic heterocycles. The van der Waals surface area contributed by atoms with Gasteiger partial charge in [-0.25, -0.2) is 0 Å². The van der Waals surface area contributed by atoms with Gasteiger partial charge in [0.05, 0.1) is 23.4 Å². The Kier molecular flexibility index (Phi) is 4.67. The summed E-state index contributed by atoms with van der Waals surface area (Å²) in [5, 5.41) is 22.8. The molecule has 2 spiro atoms. The lowest BCUT2D eigenvalue weighted by Gasteiger charge is -2.54. The van der Waals surface area contributed by atoms with Crippen molar-refractivity contribution in [1.82, 2.24) is 9.88 Å². The number of allylic oxidation sites excluding steroid dienone is 1. The van der Waals surface area contributed by atoms with Crippen LogP contribution in [0.1, 0.15) is 56.9 Å². The van der Waals surface area contributed by atoms with Crippen molar-refractivity contribution < 1.29 is 14.9 Å². The number of likely N-dealkylation sites (tertiary alicyclic amines) is 1. The van der Waals surface area contributed by atoms with Gasteiger partial charge in [0.2, 0.25) is 0 Å². The van der Waals surface area contributed by atoms with Gasteiger partial charge in [-0.3, -0.25) is 9.88 Å². The predicted molar refractivity (Wildman–Crippen MR) is 143 cm³/mol. The Labute approximate surface area is 218 Å². The number of ether oxygens (including phenoxy) is 1. The van der Waals surface area contributed by atoms with E-state index in [1.54, 1.807) is 0 Å². The Morgan fingerprint density at radius 1 is 1.03 bits per heavy atom. The molecule has 3 fully saturated rings. The van der Waals surface area contributed by atoms with Crippen molar-refractivity contribution >= 4 is 10.8 Å². The van der Waals surface area contributed by atoms with Crippen molar-refractivity contribution in [2.45, 2.75) is 80.8 Å². The summed E-state index contributed by atoms with van der Waals surface area (Å²) in [5.74, 6) is 1.03. The highest BCUT2D eigenvalue weighted by Crippen LogP contribution is 2.69. The lowest BCUT2D eigenvalue weighted by Crippen LogP contribution is -2.54. The normalized spacial score (nSPS) is 44.4. The number of aliphatic hydroxyl groups is 2. The summed E-state index contributed by atoms with van der Waals surface area (Å²) in [4.78, 5) is 6.61. The molecule has 0 radical (unpaired) electrons. The molecule has 8 atom stereocenters. The van der Waals surface area contributed by atoms with Crippen LogP contribution in [0.15, 0.2) is 72.1 Å². The number of pyridine rings is 1. The molecule has 2 N–H and O–H groups in total. The van der Waals surface area contributed by atoms with E-state index < -0.39 is 12.2 Å². The molecule has 3 aliphatic heterocycles. The first-order valence-electron chi connectivity index (χ1n) is 14.2. The number of β-amino-alcohol motifs (C(OH)–C–C–N with tert-alkyl or cyclic N) is 2. The van der Waals surface area contributed by atoms with Crippen LogP contribution in [0.5, 0.6) is 0 Å². The van der Waals surface area contributed by atoms with Gasteiger partial charge in [-0.1, -0.05) is 43.4 Å². The minimum absolute atomic E-state index is 0.170. The fourth-order valence-electron chi connectivity index (χ4n) is 9.23. The van der Waals surface area contributed by atoms with E-state index in [9.17, 15) is 10.2 Å². The third-order valence-corrected chi connectivity index (χ3v) is 11.1. The number of fused-ring (bicyclic) bond motifs is 2. The second kappa shape index (κ2) is 7.63. The first-order chi connectivity index (χ1) is 17.9. The van der Waals surface area contributed by atoms with Gasteiger partial charge in [-0.2, -0.15) is 0 Å². The van der Waals surface area contributed by atoms with Crippen molar-refractivity contribution in [3.05, 3.63) is 77.7 Å². The van der Waals surface area contributed by atoms with Gasteiger partial charge in [0.1, 0.15) is 0 Å². The molecule has 192 valence electrons. The van der Waals surface area contributed by atoms with Crippen LogP contribution in [-0.4, -0.2) is 62.6 Å². The SMILES string of the molecule is C[C@]12CC=C3C=C4C=C[C@@H](N5C[C@@H](O)[C@@H](O)C5)CC45CC[C@]3(O5)[C@@H]1CC[C@@H]2c1ccc2ccncc2c1. The van der Waals surface area contributed by atoms with E-state index in [0.29, 0.717) is 24.9 Å². The van der Waals surface area contributed by atoms with Crippen LogP contribution < -0.4 is 0 Å². The molecule has 8 rings (SSSR count). The molecule has 1 saturated carbocycles. The zero-order valence-electron chi connectivity index (χ0n) is 21.5. The highest BCUT2D eigenvalue weighted by atomic mass is 16.5. The van der Waals surface area contributed by atoms with Gasteiger partial charge in [0, 0.05) is 36.9 Å². The van der Waals surface area contributed by atoms with E-state index in [4.69, 9.17) is 4.74 Å². The van der Waals surface area contributed by atoms with Gasteiger partial charge in [-0.15, -0.1) is 0 Å². The number of nitrogens with zero attached hydrogens (tertiary/aromatic N) is 2. The van der Waals surface area contributed by atoms with Crippen molar-refractivity contribution in [2.75, 3.05) is 13.1 Å². The summed E-state index contributed by atoms with van der Waals surface area (Å²) in [6.07, 6.45) is 18.6. The minimum Gasteiger partial charge on any atom is -0.389 e. The minimum atomic E-state index is -0.653. The van der Waals surface area contributed by atoms with Crippen molar-refractivity contribution in [3.63, 3.8) is 0 Å². The molecule has 1 unspecified atom stereocenters. The number of benzene rings is 1. The Morgan fingerprint density at radius 2 is 1.89 bits per heavy atom. The van der Waals surface area contributed by atoms with E-state index in [-0.39, 0.29) is 22.7 Å². The Morgan fingerprint density at radius 3 is 2.76 bits per heavy atom. The van der Waals surface area contributed by atoms with Crippen LogP contribution in [0.3, 0.4) is 0 Å². The van der Waals surface area contributed by atoms with Crippen LogP contribution in [0.25, 0.3) is 10.8 Å². The van der Waals surface area contributed by atoms with Gasteiger partial charge >= 0.3 is 0 Å². The molecule has 5 nitrogen and oxygen atoms in total. The van der Waals surface area contributed by atoms with Crippen molar-refractivity contribution in [3.8, 4) is 0 Å². The average Bonchev–Trinajstić information content (AvgIpc) is 3.54. The molecular weight excluding hydrogens is 460 g/mol. The summed E-state index contributed by atoms with van der Waals surface area (Å²) in [5.41, 5.74) is 3.91. The zero-order chi connectivity index (χ0) is 25.0. The van der Waals surface area contributed by atoms with Crippen molar-refractivity contribution in [1.29, 1.82) is 0 Å². The van der Waals surface area contributed by atoms with Gasteiger partial charge < -0.3 is 14.9 Å². The summed E-state index contributed by atoms with van der Waals surface area (Å²) in [7, 11) is 0. The number of rotatable bonds is 2. The lowest BCUT2D eigenvalue weighted by molar-refractivity contribution is -0.132. The summed E-state index contributed by atoms with van der Waals surface area (Å²) >= 11 is 0. The van der Waals surface area contributed by atoms with E-state index in [0.717, 1.165) is 25.7 Å². The van der Waals surface area contributed by atoms with E-state index in [1.165, 1.54) is 40.3 Å². The van der Waals surface area contributed by atoms with Crippen LogP contribution in [0.2, 0.25) is 0 Å². The van der Waals surface area contributed by atoms with Crippen LogP contribution in [0.4, 0.5) is 0 Å². The van der Waals surface area contributed by atoms with Crippen LogP contribution in [0, 0.1) is 11.3 Å². The number of aromatic nitrogens is 1. The summed E-state index contributed by atoms with van der Waals surface area (Å²) in [6, 6.07) is 9.29. The number of aliphatic hydroxyl groups excluding tert-OH is 2. The quantitative estimate of drug-likeness (QED) is 0.633. The predicted octanol–water partition coefficient (Wildman–Crippen LogP) is 4.66. The van der Waals surface area contributed by atoms with E-state index in [2.05, 4.69) is 65.4 Å². The fraction of sp³-hybridized carbons (Fsp3) is 0.531. The third-order valence-electron chi connectivity index (χ3n) is 11.1. The largest absolute Gasteiger partial charge is 0.389 e. The van der Waals surface area contributed by atoms with Crippen LogP contribution in [-0.2, 0) is 4.74 Å². The number of hydrogen-bond donors (Lipinski definition) is 2. The number of hydrogen-bond acceptors (Lipinski definition) is 5. The highest BCUT2D eigenvalue weighted by Gasteiger charge is 2.66. The molecule has 5 heteroatoms. The molecule has 6 aliphatic rings. The van der Waals surface area contributed by atoms with Gasteiger partial charge in [0.15, 0.2) is 0 Å². The maximum atomic E-state index is 10.2. The monoisotopic (exact) mass is 496 g/mol. The molecule has 37 heavy (non-hydrogen) atoms. The first-order valence-corrected chi connectivity index (χ1v) is 14.2. The second-order valence-electron chi connectivity index (χ2n) is 12.8. The zero-order valence-corrected chi connectivity index (χ0v) is 21.5. The van der Waals surface area contributed by atoms with Gasteiger partial charge in [0.25, 0.3) is 0 Å². The smallest absolute Gasteiger partial charge is 0.0975 e. The topological polar surface area (TPSA) is 65.8 Å². The molecule has 2 aromatic rings. The summed E-state index contributed by atoms with van der Waals surface area (Å²) < 4.78 is 7.41. The lowest BCUT2D eigenvalue weighted by atomic mass is 9.58. The Bertz CT molecular complexity index is 1370. The van der Waals surface area contributed by atoms with E-state index >= 15 is 0 Å². The van der Waals surface area contributed by atoms with Crippen molar-refractivity contribution in [2.24, 2.45) is 11.3 Å². The molecule has 2 bridgehead atoms. The third kappa shape index (κ3) is 3.03. The van der Waals surface area contributed by atoms with Crippen LogP contribution >= 0.6 is 0 Å². The fourth-order valence-corrected chi connectivity index (χ4v) is 9.23. The second-order valence-corrected chi connectivity index (χ2v) is 12.8. The highest BCUT2D eigenvalue weighted by molar-refractivity contribution is 5.82. The maximum absolute atomic E-state index is 10.2. The standard InChI is InChI=1S/C32H36N2O3/c1-30-10-8-24-15-23-4-5-25(34-18-27(35)28(36)19-34)16-31(23)11-12-32(24,37-31)29(30)7-6-26(30)21-3-2-20-9-13-33-17-22(20)14-21/h2-5,8-9,13-15,17,25-29,35-36H,6-7,10-12,16,18-19H2,1H3/t25-,26-,27-,28+,29-,30-,31?,32-/m1/s1. The Hall–Kier alpha value is -2.31. The average molecular weight is 497 g/mol. The van der Waals surface area contributed by atoms with E-state index in [1.807, 2.05) is 12.4 Å². The Balaban J connectivity index is 1.14. The molecule has 3 aliphatic carbocycles. The molecule has 1 aromatic carbocycles. The molecule has 4 heterocycles. The molecule has 0 amide bonds. The molecule has 2 saturated heterocycles. The van der Waals surface area contributed by atoms with Gasteiger partial charge in [-0.05, 0) is 90.0 Å².